The summed E-state index contributed by atoms with van der Waals surface area (Å²) in [7, 11) is 0. The van der Waals surface area contributed by atoms with Gasteiger partial charge in [-0.3, -0.25) is 0 Å². The molecule has 0 radical (unpaired) electrons. The lowest BCUT2D eigenvalue weighted by Gasteiger charge is -2.17. The zero-order valence-electron chi connectivity index (χ0n) is 12.0. The van der Waals surface area contributed by atoms with E-state index in [9.17, 15) is 14.7 Å². The molecule has 5 nitrogen and oxygen atoms in total. The van der Waals surface area contributed by atoms with Crippen LogP contribution in [0.25, 0.3) is 0 Å². The molecule has 1 unspecified atom stereocenters. The van der Waals surface area contributed by atoms with Gasteiger partial charge in [0.25, 0.3) is 0 Å². The average Bonchev–Trinajstić information content (AvgIpc) is 2.47. The summed E-state index contributed by atoms with van der Waals surface area (Å²) in [6.07, 6.45) is 7.02. The van der Waals surface area contributed by atoms with Crippen LogP contribution >= 0.6 is 0 Å². The third-order valence-corrected chi connectivity index (χ3v) is 2.97. The van der Waals surface area contributed by atoms with Gasteiger partial charge < -0.3 is 15.7 Å². The van der Waals surface area contributed by atoms with Crippen molar-refractivity contribution in [3.8, 4) is 12.3 Å². The molecule has 2 atom stereocenters. The Morgan fingerprint density at radius 2 is 1.95 bits per heavy atom. The standard InChI is InChI=1S/C16H20N2O3/c1-3-8-13(4-2)17-16(21)18-14(15(19)20)11-12-9-6-5-7-10-12/h2,5-7,9-10,13-14H,3,8,11H2,1H3,(H,19,20)(H2,17,18,21)/t13?,14-/m1/s1. The Morgan fingerprint density at radius 1 is 1.29 bits per heavy atom. The molecule has 0 aromatic heterocycles. The second-order valence-corrected chi connectivity index (χ2v) is 4.71. The number of urea groups is 1. The molecule has 112 valence electrons. The van der Waals surface area contributed by atoms with Gasteiger partial charge in [-0.05, 0) is 12.0 Å². The second kappa shape index (κ2) is 8.64. The third-order valence-electron chi connectivity index (χ3n) is 2.97. The maximum atomic E-state index is 11.8. The first-order valence-corrected chi connectivity index (χ1v) is 6.86. The molecule has 0 heterocycles. The number of hydrogen-bond acceptors (Lipinski definition) is 2. The van der Waals surface area contributed by atoms with E-state index in [1.165, 1.54) is 0 Å². The van der Waals surface area contributed by atoms with Gasteiger partial charge in [0.1, 0.15) is 6.04 Å². The summed E-state index contributed by atoms with van der Waals surface area (Å²) < 4.78 is 0. The fourth-order valence-corrected chi connectivity index (χ4v) is 1.89. The monoisotopic (exact) mass is 288 g/mol. The number of aliphatic carboxylic acids is 1. The molecule has 0 aliphatic carbocycles. The number of carboxylic acid groups (broad SMARTS) is 1. The zero-order valence-corrected chi connectivity index (χ0v) is 12.0. The molecule has 0 bridgehead atoms. The highest BCUT2D eigenvalue weighted by atomic mass is 16.4. The SMILES string of the molecule is C#CC(CCC)NC(=O)N[C@H](Cc1ccccc1)C(=O)O. The third kappa shape index (κ3) is 6.00. The van der Waals surface area contributed by atoms with Crippen LogP contribution in [0.5, 0.6) is 0 Å². The van der Waals surface area contributed by atoms with Crippen LogP contribution in [0.15, 0.2) is 30.3 Å². The first-order chi connectivity index (χ1) is 10.1. The molecule has 3 N–H and O–H groups in total. The Hall–Kier alpha value is -2.48. The molecule has 1 aromatic carbocycles. The summed E-state index contributed by atoms with van der Waals surface area (Å²) in [5, 5.41) is 14.2. The normalized spacial score (nSPS) is 12.8. The van der Waals surface area contributed by atoms with E-state index in [0.29, 0.717) is 6.42 Å². The van der Waals surface area contributed by atoms with Gasteiger partial charge in [-0.25, -0.2) is 9.59 Å². The minimum absolute atomic E-state index is 0.220. The molecule has 0 saturated carbocycles. The first-order valence-electron chi connectivity index (χ1n) is 6.86. The van der Waals surface area contributed by atoms with Crippen LogP contribution in [-0.4, -0.2) is 29.2 Å². The molecule has 1 aromatic rings. The average molecular weight is 288 g/mol. The Kier molecular flexibility index (Phi) is 6.82. The van der Waals surface area contributed by atoms with E-state index >= 15 is 0 Å². The minimum Gasteiger partial charge on any atom is -0.480 e. The number of benzene rings is 1. The molecular weight excluding hydrogens is 268 g/mol. The number of amides is 2. The number of carboxylic acids is 1. The van der Waals surface area contributed by atoms with E-state index in [1.54, 1.807) is 0 Å². The van der Waals surface area contributed by atoms with E-state index in [1.807, 2.05) is 37.3 Å². The van der Waals surface area contributed by atoms with Crippen molar-refractivity contribution in [1.29, 1.82) is 0 Å². The van der Waals surface area contributed by atoms with E-state index in [0.717, 1.165) is 12.0 Å². The predicted molar refractivity (Wildman–Crippen MR) is 80.8 cm³/mol. The van der Waals surface area contributed by atoms with Crippen LogP contribution in [0, 0.1) is 12.3 Å². The van der Waals surface area contributed by atoms with Gasteiger partial charge in [0, 0.05) is 6.42 Å². The van der Waals surface area contributed by atoms with Crippen LogP contribution in [0.3, 0.4) is 0 Å². The molecule has 21 heavy (non-hydrogen) atoms. The van der Waals surface area contributed by atoms with Crippen molar-refractivity contribution in [2.75, 3.05) is 0 Å². The van der Waals surface area contributed by atoms with Gasteiger partial charge >= 0.3 is 12.0 Å². The van der Waals surface area contributed by atoms with Gasteiger partial charge in [-0.1, -0.05) is 49.6 Å². The van der Waals surface area contributed by atoms with Crippen molar-refractivity contribution in [1.82, 2.24) is 10.6 Å². The van der Waals surface area contributed by atoms with Crippen molar-refractivity contribution in [2.45, 2.75) is 38.3 Å². The fraction of sp³-hybridized carbons (Fsp3) is 0.375. The van der Waals surface area contributed by atoms with Gasteiger partial charge in [-0.2, -0.15) is 0 Å². The van der Waals surface area contributed by atoms with Crippen molar-refractivity contribution >= 4 is 12.0 Å². The Balaban J connectivity index is 2.60. The quantitative estimate of drug-likeness (QED) is 0.669. The molecule has 1 rings (SSSR count). The van der Waals surface area contributed by atoms with Gasteiger partial charge in [0.05, 0.1) is 6.04 Å². The highest BCUT2D eigenvalue weighted by Crippen LogP contribution is 2.03. The highest BCUT2D eigenvalue weighted by molar-refractivity contribution is 5.83. The fourth-order valence-electron chi connectivity index (χ4n) is 1.89. The number of terminal acetylenes is 1. The van der Waals surface area contributed by atoms with E-state index in [4.69, 9.17) is 6.42 Å². The Morgan fingerprint density at radius 3 is 2.48 bits per heavy atom. The number of carbonyl (C=O) groups is 2. The molecule has 5 heteroatoms. The smallest absolute Gasteiger partial charge is 0.326 e. The van der Waals surface area contributed by atoms with Crippen molar-refractivity contribution in [3.63, 3.8) is 0 Å². The Labute approximate surface area is 124 Å². The highest BCUT2D eigenvalue weighted by Gasteiger charge is 2.21. The maximum Gasteiger partial charge on any atom is 0.326 e. The minimum atomic E-state index is -1.08. The largest absolute Gasteiger partial charge is 0.480 e. The summed E-state index contributed by atoms with van der Waals surface area (Å²) in [5.41, 5.74) is 0.840. The van der Waals surface area contributed by atoms with E-state index in [2.05, 4.69) is 16.6 Å². The van der Waals surface area contributed by atoms with Gasteiger partial charge in [-0.15, -0.1) is 6.42 Å². The zero-order chi connectivity index (χ0) is 15.7. The van der Waals surface area contributed by atoms with Gasteiger partial charge in [0.15, 0.2) is 0 Å². The Bertz CT molecular complexity index is 508. The first kappa shape index (κ1) is 16.6. The molecule has 0 aliphatic heterocycles. The molecule has 2 amide bonds. The summed E-state index contributed by atoms with van der Waals surface area (Å²) in [6, 6.07) is 7.19. The summed E-state index contributed by atoms with van der Waals surface area (Å²) in [6.45, 7) is 1.96. The topological polar surface area (TPSA) is 78.4 Å². The van der Waals surface area contributed by atoms with Crippen molar-refractivity contribution < 1.29 is 14.7 Å². The number of nitrogens with one attached hydrogen (secondary N) is 2. The molecule has 0 fully saturated rings. The maximum absolute atomic E-state index is 11.8. The lowest BCUT2D eigenvalue weighted by Crippen LogP contribution is -2.49. The van der Waals surface area contributed by atoms with Crippen molar-refractivity contribution in [3.05, 3.63) is 35.9 Å². The summed E-state index contributed by atoms with van der Waals surface area (Å²) in [4.78, 5) is 23.0. The predicted octanol–water partition coefficient (Wildman–Crippen LogP) is 1.78. The number of rotatable bonds is 7. The van der Waals surface area contributed by atoms with Crippen LogP contribution in [0.2, 0.25) is 0 Å². The summed E-state index contributed by atoms with van der Waals surface area (Å²) in [5.74, 6) is 1.38. The molecule has 0 spiro atoms. The van der Waals surface area contributed by atoms with E-state index < -0.39 is 18.0 Å². The molecular formula is C16H20N2O3. The summed E-state index contributed by atoms with van der Waals surface area (Å²) >= 11 is 0. The molecule has 0 saturated heterocycles. The van der Waals surface area contributed by atoms with Crippen molar-refractivity contribution in [2.24, 2.45) is 0 Å². The lowest BCUT2D eigenvalue weighted by molar-refractivity contribution is -0.139. The van der Waals surface area contributed by atoms with Gasteiger partial charge in [0.2, 0.25) is 0 Å². The van der Waals surface area contributed by atoms with E-state index in [-0.39, 0.29) is 12.5 Å². The lowest BCUT2D eigenvalue weighted by atomic mass is 10.1. The van der Waals surface area contributed by atoms with Crippen LogP contribution in [0.4, 0.5) is 4.79 Å². The van der Waals surface area contributed by atoms with Crippen LogP contribution in [0.1, 0.15) is 25.3 Å². The number of carbonyl (C=O) groups excluding carboxylic acids is 1. The van der Waals surface area contributed by atoms with Crippen LogP contribution < -0.4 is 10.6 Å². The second-order valence-electron chi connectivity index (χ2n) is 4.71. The number of hydrogen-bond donors (Lipinski definition) is 3. The van der Waals surface area contributed by atoms with Crippen LogP contribution in [-0.2, 0) is 11.2 Å². The molecule has 0 aliphatic rings.